The number of ether oxygens (including phenoxy) is 2. The van der Waals surface area contributed by atoms with Crippen molar-refractivity contribution in [2.45, 2.75) is 29.4 Å². The smallest absolute Gasteiger partial charge is 0.453 e. The van der Waals surface area contributed by atoms with E-state index in [1.54, 1.807) is 12.1 Å². The lowest BCUT2D eigenvalue weighted by atomic mass is 9.94. The maximum absolute atomic E-state index is 14.0. The van der Waals surface area contributed by atoms with Crippen LogP contribution in [0.4, 0.5) is 29.3 Å². The van der Waals surface area contributed by atoms with Gasteiger partial charge in [-0.15, -0.1) is 13.2 Å². The van der Waals surface area contributed by atoms with Crippen LogP contribution < -0.4 is 24.4 Å². The highest BCUT2D eigenvalue weighted by Gasteiger charge is 2.44. The molecule has 3 aromatic carbocycles. The molecular weight excluding hydrogens is 563 g/mol. The first kappa shape index (κ1) is 28.5. The summed E-state index contributed by atoms with van der Waals surface area (Å²) in [5.74, 6) is 0.648. The highest BCUT2D eigenvalue weighted by molar-refractivity contribution is 7.91. The molecule has 2 aliphatic heterocycles. The monoisotopic (exact) mass is 591 g/mol. The lowest BCUT2D eigenvalue weighted by Gasteiger charge is -2.48. The molecule has 3 N–H and O–H groups in total. The minimum absolute atomic E-state index is 0.0211. The first-order chi connectivity index (χ1) is 19.5. The van der Waals surface area contributed by atoms with Crippen molar-refractivity contribution in [3.05, 3.63) is 72.8 Å². The maximum atomic E-state index is 14.0. The summed E-state index contributed by atoms with van der Waals surface area (Å²) in [4.78, 5) is 16.3. The van der Waals surface area contributed by atoms with Gasteiger partial charge in [0.05, 0.1) is 34.5 Å². The number of aliphatic hydroxyl groups excluding tert-OH is 1. The van der Waals surface area contributed by atoms with Crippen molar-refractivity contribution in [2.75, 3.05) is 32.1 Å². The van der Waals surface area contributed by atoms with Crippen LogP contribution in [0.5, 0.6) is 17.2 Å². The number of hydrogen-bond acceptors (Lipinski definition) is 7. The van der Waals surface area contributed by atoms with E-state index in [4.69, 9.17) is 4.74 Å². The van der Waals surface area contributed by atoms with Gasteiger partial charge in [-0.05, 0) is 48.5 Å². The summed E-state index contributed by atoms with van der Waals surface area (Å²) in [5, 5.41) is 14.4. The average Bonchev–Trinajstić information content (AvgIpc) is 2.96. The number of urea groups is 1. The number of carbonyl (C=O) groups is 1. The highest BCUT2D eigenvalue weighted by atomic mass is 32.2. The van der Waals surface area contributed by atoms with Gasteiger partial charge < -0.3 is 29.7 Å². The summed E-state index contributed by atoms with van der Waals surface area (Å²) in [6.07, 6.45) is -6.05. The Morgan fingerprint density at radius 2 is 1.61 bits per heavy atom. The quantitative estimate of drug-likeness (QED) is 0.409. The minimum Gasteiger partial charge on any atom is -0.453 e. The Hall–Kier alpha value is -4.01. The lowest BCUT2D eigenvalue weighted by molar-refractivity contribution is -0.274. The molecule has 1 saturated heterocycles. The number of halogens is 3. The average molecular weight is 592 g/mol. The van der Waals surface area contributed by atoms with Gasteiger partial charge in [0, 0.05) is 27.2 Å². The molecule has 0 saturated carbocycles. The molecule has 0 radical (unpaired) electrons. The molecule has 0 bridgehead atoms. The molecule has 4 unspecified atom stereocenters. The van der Waals surface area contributed by atoms with Gasteiger partial charge in [-0.3, -0.25) is 0 Å². The number of hydrogen-bond donors (Lipinski definition) is 3. The van der Waals surface area contributed by atoms with Gasteiger partial charge >= 0.3 is 12.4 Å². The number of aliphatic hydroxyl groups is 1. The summed E-state index contributed by atoms with van der Waals surface area (Å²) in [7, 11) is -0.669. The van der Waals surface area contributed by atoms with Gasteiger partial charge in [-0.2, -0.15) is 0 Å². The summed E-state index contributed by atoms with van der Waals surface area (Å²) in [6.45, 7) is 0.0996. The molecule has 0 spiro atoms. The Balaban J connectivity index is 1.51. The number of nitrogens with one attached hydrogen (secondary N) is 2. The van der Waals surface area contributed by atoms with E-state index in [9.17, 15) is 27.3 Å². The van der Waals surface area contributed by atoms with E-state index in [1.165, 1.54) is 31.1 Å². The van der Waals surface area contributed by atoms with Crippen LogP contribution in [0.15, 0.2) is 82.1 Å². The third kappa shape index (κ3) is 5.76. The Morgan fingerprint density at radius 1 is 1.02 bits per heavy atom. The van der Waals surface area contributed by atoms with Crippen molar-refractivity contribution in [1.29, 1.82) is 0 Å². The van der Waals surface area contributed by atoms with Crippen LogP contribution >= 0.6 is 0 Å². The number of rotatable bonds is 5. The SMILES string of the molecule is CN=S(=O)(NC1CN(C(=O)NC)CC(N2c3ccccc3Oc3ccccc32)C1O)c1ccc(OC(F)(F)F)cc1. The fraction of sp³-hybridized carbons (Fsp3) is 0.296. The number of piperidine rings is 1. The summed E-state index contributed by atoms with van der Waals surface area (Å²) in [5.41, 5.74) is 1.35. The number of nitrogens with zero attached hydrogens (tertiary/aromatic N) is 3. The zero-order valence-electron chi connectivity index (χ0n) is 22.0. The van der Waals surface area contributed by atoms with Crippen molar-refractivity contribution in [3.8, 4) is 17.2 Å². The van der Waals surface area contributed by atoms with E-state index in [0.717, 1.165) is 12.1 Å². The minimum atomic E-state index is -4.88. The standard InChI is InChI=1S/C27H28F3N5O5S/c1-31-26(37)34-15-19(33-41(38,32-2)18-13-11-17(12-14-18)40-27(28,29)30)25(36)22(16-34)35-20-7-3-5-9-23(20)39-24-10-6-4-8-21(24)35/h3-14,19,22,25,36H,15-16H2,1-2H3,(H,31,37)(H,32,33,38). The number of carbonyl (C=O) groups excluding carboxylic acids is 1. The highest BCUT2D eigenvalue weighted by Crippen LogP contribution is 2.48. The van der Waals surface area contributed by atoms with E-state index < -0.39 is 46.2 Å². The van der Waals surface area contributed by atoms with Crippen LogP contribution in [0.2, 0.25) is 0 Å². The number of fused-ring (bicyclic) bond motifs is 2. The van der Waals surface area contributed by atoms with Crippen LogP contribution in [0.1, 0.15) is 0 Å². The number of amides is 2. The second-order valence-electron chi connectivity index (χ2n) is 9.38. The molecule has 14 heteroatoms. The molecule has 0 aromatic heterocycles. The summed E-state index contributed by atoms with van der Waals surface area (Å²) in [6, 6.07) is 17.0. The van der Waals surface area contributed by atoms with Gasteiger partial charge in [0.25, 0.3) is 0 Å². The Bertz CT molecular complexity index is 1500. The zero-order chi connectivity index (χ0) is 29.4. The molecule has 5 rings (SSSR count). The summed E-state index contributed by atoms with van der Waals surface area (Å²) < 4.78 is 68.7. The predicted octanol–water partition coefficient (Wildman–Crippen LogP) is 4.24. The second-order valence-corrected chi connectivity index (χ2v) is 11.5. The van der Waals surface area contributed by atoms with Gasteiger partial charge in [-0.25, -0.2) is 18.1 Å². The first-order valence-corrected chi connectivity index (χ1v) is 14.1. The second kappa shape index (κ2) is 11.1. The van der Waals surface area contributed by atoms with Crippen molar-refractivity contribution in [1.82, 2.24) is 14.9 Å². The topological polar surface area (TPSA) is 116 Å². The number of likely N-dealkylation sites (tertiary alicyclic amines) is 1. The number of para-hydroxylation sites is 4. The van der Waals surface area contributed by atoms with E-state index in [0.29, 0.717) is 22.9 Å². The van der Waals surface area contributed by atoms with E-state index in [2.05, 4.69) is 19.1 Å². The Kier molecular flexibility index (Phi) is 7.72. The number of benzene rings is 3. The van der Waals surface area contributed by atoms with Gasteiger partial charge in [0.15, 0.2) is 11.5 Å². The first-order valence-electron chi connectivity index (χ1n) is 12.6. The number of alkyl halides is 3. The Labute approximate surface area is 235 Å². The fourth-order valence-electron chi connectivity index (χ4n) is 5.03. The van der Waals surface area contributed by atoms with Crippen LogP contribution in [0.3, 0.4) is 0 Å². The lowest BCUT2D eigenvalue weighted by Crippen LogP contribution is -2.66. The van der Waals surface area contributed by atoms with Crippen LogP contribution in [-0.2, 0) is 9.92 Å². The largest absolute Gasteiger partial charge is 0.573 e. The number of anilines is 2. The molecule has 2 aliphatic rings. The third-order valence-electron chi connectivity index (χ3n) is 6.88. The molecule has 2 amide bonds. The van der Waals surface area contributed by atoms with Crippen LogP contribution in [-0.4, -0.2) is 72.0 Å². The van der Waals surface area contributed by atoms with Gasteiger partial charge in [0.2, 0.25) is 0 Å². The molecule has 0 aliphatic carbocycles. The van der Waals surface area contributed by atoms with Crippen molar-refractivity contribution in [2.24, 2.45) is 4.36 Å². The molecule has 1 fully saturated rings. The zero-order valence-corrected chi connectivity index (χ0v) is 22.9. The molecule has 10 nitrogen and oxygen atoms in total. The van der Waals surface area contributed by atoms with E-state index in [-0.39, 0.29) is 18.0 Å². The molecule has 2 heterocycles. The van der Waals surface area contributed by atoms with Crippen molar-refractivity contribution < 1.29 is 36.8 Å². The van der Waals surface area contributed by atoms with Gasteiger partial charge in [-0.1, -0.05) is 24.3 Å². The van der Waals surface area contributed by atoms with E-state index in [1.807, 2.05) is 41.3 Å². The Morgan fingerprint density at radius 3 is 2.15 bits per heavy atom. The van der Waals surface area contributed by atoms with Crippen molar-refractivity contribution >= 4 is 27.3 Å². The maximum Gasteiger partial charge on any atom is 0.573 e. The van der Waals surface area contributed by atoms with Gasteiger partial charge in [0.1, 0.15) is 15.7 Å². The van der Waals surface area contributed by atoms with E-state index >= 15 is 0 Å². The molecule has 3 aromatic rings. The predicted molar refractivity (Wildman–Crippen MR) is 146 cm³/mol. The molecule has 41 heavy (non-hydrogen) atoms. The summed E-state index contributed by atoms with van der Waals surface area (Å²) >= 11 is 0. The molecular formula is C27H28F3N5O5S. The fourth-order valence-corrected chi connectivity index (χ4v) is 6.62. The van der Waals surface area contributed by atoms with Crippen molar-refractivity contribution in [3.63, 3.8) is 0 Å². The van der Waals surface area contributed by atoms with Crippen LogP contribution in [0, 0.1) is 0 Å². The third-order valence-corrected chi connectivity index (χ3v) is 8.93. The van der Waals surface area contributed by atoms with Crippen LogP contribution in [0.25, 0.3) is 0 Å². The normalized spacial score (nSPS) is 21.6. The molecule has 4 atom stereocenters. The molecule has 218 valence electrons.